The molecule has 1 aliphatic rings. The average molecular weight is 542 g/mol. The van der Waals surface area contributed by atoms with E-state index in [1.54, 1.807) is 5.48 Å². The Kier molecular flexibility index (Phi) is 10.2. The Morgan fingerprint density at radius 2 is 1.71 bits per heavy atom. The van der Waals surface area contributed by atoms with Gasteiger partial charge in [-0.25, -0.2) is 10.5 Å². The Morgan fingerprint density at radius 3 is 2.39 bits per heavy atom. The predicted molar refractivity (Wildman–Crippen MR) is 138 cm³/mol. The molecule has 0 radical (unpaired) electrons. The molecule has 12 heteroatoms. The summed E-state index contributed by atoms with van der Waals surface area (Å²) in [5.74, 6) is -0.00523. The molecule has 0 saturated carbocycles. The van der Waals surface area contributed by atoms with E-state index in [-0.39, 0.29) is 37.6 Å². The molecule has 5 N–H and O–H groups in total. The minimum atomic E-state index is -0.576. The van der Waals surface area contributed by atoms with Crippen LogP contribution >= 0.6 is 11.8 Å². The third-order valence-corrected chi connectivity index (χ3v) is 7.10. The fourth-order valence-corrected chi connectivity index (χ4v) is 4.80. The number of carbonyl (C=O) groups excluding carboxylic acids is 2. The number of nitrogens with one attached hydrogen (secondary N) is 3. The number of aliphatic hydroxyl groups excluding tert-OH is 1. The maximum atomic E-state index is 12.0. The number of H-pyrrole nitrogens is 1. The molecular formula is C26H31N5O6S. The van der Waals surface area contributed by atoms with Gasteiger partial charge in [-0.05, 0) is 23.1 Å². The van der Waals surface area contributed by atoms with Crippen LogP contribution in [0.25, 0.3) is 0 Å². The molecule has 0 bridgehead atoms. The molecule has 1 saturated heterocycles. The second kappa shape index (κ2) is 14.0. The molecule has 2 amide bonds. The molecule has 1 aliphatic heterocycles. The average Bonchev–Trinajstić information content (AvgIpc) is 3.49. The van der Waals surface area contributed by atoms with Crippen molar-refractivity contribution in [3.63, 3.8) is 0 Å². The minimum Gasteiger partial charge on any atom is -0.392 e. The van der Waals surface area contributed by atoms with E-state index >= 15 is 0 Å². The summed E-state index contributed by atoms with van der Waals surface area (Å²) >= 11 is 1.54. The molecule has 38 heavy (non-hydrogen) atoms. The normalized spacial score (nSPS) is 19.2. The van der Waals surface area contributed by atoms with Crippen LogP contribution in [0.3, 0.4) is 0 Å². The summed E-state index contributed by atoms with van der Waals surface area (Å²) in [7, 11) is 0. The van der Waals surface area contributed by atoms with Crippen LogP contribution in [-0.2, 0) is 32.2 Å². The molecule has 202 valence electrons. The Morgan fingerprint density at radius 1 is 1.00 bits per heavy atom. The fourth-order valence-electron chi connectivity index (χ4n) is 4.01. The number of amides is 2. The van der Waals surface area contributed by atoms with E-state index in [2.05, 4.69) is 20.5 Å². The summed E-state index contributed by atoms with van der Waals surface area (Å²) in [6, 6.07) is 15.4. The zero-order valence-corrected chi connectivity index (χ0v) is 21.5. The lowest BCUT2D eigenvalue weighted by molar-refractivity contribution is -0.245. The van der Waals surface area contributed by atoms with Crippen LogP contribution in [0.1, 0.15) is 60.3 Å². The van der Waals surface area contributed by atoms with Crippen LogP contribution in [-0.4, -0.2) is 49.2 Å². The van der Waals surface area contributed by atoms with Gasteiger partial charge in [-0.2, -0.15) is 5.10 Å². The summed E-state index contributed by atoms with van der Waals surface area (Å²) in [5, 5.41) is 28.2. The van der Waals surface area contributed by atoms with E-state index < -0.39 is 12.2 Å². The Labute approximate surface area is 224 Å². The number of hydroxylamine groups is 1. The van der Waals surface area contributed by atoms with Gasteiger partial charge in [0.05, 0.1) is 18.8 Å². The lowest BCUT2D eigenvalue weighted by Gasteiger charge is -2.36. The van der Waals surface area contributed by atoms with Gasteiger partial charge in [0.25, 0.3) is 0 Å². The molecule has 11 nitrogen and oxygen atoms in total. The number of aliphatic hydroxyl groups is 1. The lowest BCUT2D eigenvalue weighted by atomic mass is 10.0. The molecule has 3 aromatic rings. The van der Waals surface area contributed by atoms with Crippen molar-refractivity contribution < 1.29 is 29.4 Å². The maximum Gasteiger partial charge on any atom is 0.243 e. The van der Waals surface area contributed by atoms with Crippen LogP contribution in [0.4, 0.5) is 0 Å². The van der Waals surface area contributed by atoms with Crippen LogP contribution in [0.15, 0.2) is 60.0 Å². The highest BCUT2D eigenvalue weighted by Crippen LogP contribution is 2.39. The molecule has 0 aliphatic carbocycles. The summed E-state index contributed by atoms with van der Waals surface area (Å²) in [5.41, 5.74) is 5.19. The molecule has 1 fully saturated rings. The van der Waals surface area contributed by atoms with Gasteiger partial charge in [0.15, 0.2) is 11.4 Å². The maximum absolute atomic E-state index is 12.0. The van der Waals surface area contributed by atoms with Crippen molar-refractivity contribution in [1.82, 2.24) is 26.0 Å². The fraction of sp³-hybridized carbons (Fsp3) is 0.385. The smallest absolute Gasteiger partial charge is 0.243 e. The second-order valence-electron chi connectivity index (χ2n) is 8.86. The predicted octanol–water partition coefficient (Wildman–Crippen LogP) is 2.93. The Bertz CT molecular complexity index is 1160. The standard InChI is InChI=1S/C26H31N5O6S/c32-14-18-6-8-19(9-7-18)22-12-21(15-38-26-28-16-29-30-26)36-25(37-22)20-10-4-17(5-11-20)13-27-23(33)2-1-3-24(34)31-35/h4-11,16,21-22,25,32,35H,1-3,12-15H2,(H,27,33)(H,31,34)(H,28,29,30)/t21-,22+,25+/m1/s1. The molecule has 0 unspecified atom stereocenters. The minimum absolute atomic E-state index is 0.0122. The third kappa shape index (κ3) is 8.10. The number of benzene rings is 2. The van der Waals surface area contributed by atoms with Crippen molar-refractivity contribution in [2.24, 2.45) is 0 Å². The van der Waals surface area contributed by atoms with E-state index in [1.165, 1.54) is 18.1 Å². The molecule has 2 aromatic carbocycles. The van der Waals surface area contributed by atoms with Crippen molar-refractivity contribution in [2.45, 2.75) is 62.5 Å². The van der Waals surface area contributed by atoms with Crippen molar-refractivity contribution in [2.75, 3.05) is 5.75 Å². The van der Waals surface area contributed by atoms with Crippen LogP contribution in [0.2, 0.25) is 0 Å². The highest BCUT2D eigenvalue weighted by Gasteiger charge is 2.32. The van der Waals surface area contributed by atoms with Gasteiger partial charge in [0.2, 0.25) is 11.8 Å². The first-order valence-corrected chi connectivity index (χ1v) is 13.3. The topological polar surface area (TPSA) is 159 Å². The molecule has 0 spiro atoms. The monoisotopic (exact) mass is 541 g/mol. The highest BCUT2D eigenvalue weighted by atomic mass is 32.2. The summed E-state index contributed by atoms with van der Waals surface area (Å²) in [6.07, 6.45) is 1.92. The van der Waals surface area contributed by atoms with E-state index in [0.29, 0.717) is 25.1 Å². The van der Waals surface area contributed by atoms with Gasteiger partial charge in [-0.3, -0.25) is 19.9 Å². The number of thioether (sulfide) groups is 1. The number of ether oxygens (including phenoxy) is 2. The van der Waals surface area contributed by atoms with Gasteiger partial charge in [0, 0.05) is 37.1 Å². The second-order valence-corrected chi connectivity index (χ2v) is 9.87. The zero-order valence-electron chi connectivity index (χ0n) is 20.7. The number of nitrogens with zero attached hydrogens (tertiary/aromatic N) is 2. The molecule has 4 rings (SSSR count). The number of aromatic nitrogens is 3. The van der Waals surface area contributed by atoms with Gasteiger partial charge in [-0.15, -0.1) is 0 Å². The number of carbonyl (C=O) groups is 2. The van der Waals surface area contributed by atoms with Crippen molar-refractivity contribution in [3.8, 4) is 0 Å². The Hall–Kier alpha value is -3.29. The summed E-state index contributed by atoms with van der Waals surface area (Å²) in [6.45, 7) is 0.343. The molecular weight excluding hydrogens is 510 g/mol. The van der Waals surface area contributed by atoms with Crippen LogP contribution in [0, 0.1) is 0 Å². The SMILES string of the molecule is O=C(CCCC(=O)NCc1ccc([C@H]2O[C@@H](CSc3ncn[nH]3)C[C@@H](c3ccc(CO)cc3)O2)cc1)NO. The van der Waals surface area contributed by atoms with E-state index in [1.807, 2.05) is 48.5 Å². The van der Waals surface area contributed by atoms with Gasteiger partial charge in [0.1, 0.15) is 6.33 Å². The molecule has 3 atom stereocenters. The quantitative estimate of drug-likeness (QED) is 0.132. The van der Waals surface area contributed by atoms with Gasteiger partial charge >= 0.3 is 0 Å². The van der Waals surface area contributed by atoms with Gasteiger partial charge in [-0.1, -0.05) is 60.3 Å². The summed E-state index contributed by atoms with van der Waals surface area (Å²) < 4.78 is 12.7. The number of aromatic amines is 1. The van der Waals surface area contributed by atoms with Crippen molar-refractivity contribution >= 4 is 23.6 Å². The van der Waals surface area contributed by atoms with Crippen molar-refractivity contribution in [1.29, 1.82) is 0 Å². The highest BCUT2D eigenvalue weighted by molar-refractivity contribution is 7.99. The van der Waals surface area contributed by atoms with E-state index in [0.717, 1.165) is 27.4 Å². The molecule has 1 aromatic heterocycles. The first-order valence-electron chi connectivity index (χ1n) is 12.3. The number of rotatable bonds is 12. The van der Waals surface area contributed by atoms with Gasteiger partial charge < -0.3 is 19.9 Å². The van der Waals surface area contributed by atoms with Crippen LogP contribution < -0.4 is 10.8 Å². The number of hydrogen-bond acceptors (Lipinski definition) is 9. The summed E-state index contributed by atoms with van der Waals surface area (Å²) in [4.78, 5) is 27.2. The largest absolute Gasteiger partial charge is 0.392 e. The van der Waals surface area contributed by atoms with Crippen LogP contribution in [0.5, 0.6) is 0 Å². The van der Waals surface area contributed by atoms with E-state index in [4.69, 9.17) is 14.7 Å². The Balaban J connectivity index is 1.37. The van der Waals surface area contributed by atoms with Crippen molar-refractivity contribution in [3.05, 3.63) is 77.1 Å². The third-order valence-electron chi connectivity index (χ3n) is 6.09. The van der Waals surface area contributed by atoms with E-state index in [9.17, 15) is 14.7 Å². The molecule has 2 heterocycles. The first-order chi connectivity index (χ1) is 18.5. The number of hydrogen-bond donors (Lipinski definition) is 5. The lowest BCUT2D eigenvalue weighted by Crippen LogP contribution is -2.31. The zero-order chi connectivity index (χ0) is 26.7. The first kappa shape index (κ1) is 27.7.